The molecule has 1 heterocycles. The van der Waals surface area contributed by atoms with Gasteiger partial charge in [0.05, 0.1) is 11.3 Å². The fourth-order valence-corrected chi connectivity index (χ4v) is 2.04. The normalized spacial score (nSPS) is 10.2. The molecule has 1 aromatic carbocycles. The van der Waals surface area contributed by atoms with Crippen LogP contribution in [0.25, 0.3) is 0 Å². The third-order valence-corrected chi connectivity index (χ3v) is 3.14. The summed E-state index contributed by atoms with van der Waals surface area (Å²) < 4.78 is 13.3. The Morgan fingerprint density at radius 2 is 2.17 bits per heavy atom. The van der Waals surface area contributed by atoms with E-state index in [1.165, 1.54) is 24.4 Å². The van der Waals surface area contributed by atoms with E-state index < -0.39 is 11.7 Å². The van der Waals surface area contributed by atoms with Gasteiger partial charge < -0.3 is 5.32 Å². The smallest absolute Gasteiger partial charge is 0.256 e. The zero-order valence-electron chi connectivity index (χ0n) is 8.95. The second-order valence-corrected chi connectivity index (χ2v) is 4.63. The molecule has 2 aromatic rings. The summed E-state index contributed by atoms with van der Waals surface area (Å²) in [5.41, 5.74) is 0.719. The second kappa shape index (κ2) is 5.46. The van der Waals surface area contributed by atoms with Crippen LogP contribution in [0.4, 0.5) is 10.1 Å². The lowest BCUT2D eigenvalue weighted by atomic mass is 10.2. The molecule has 0 fully saturated rings. The Morgan fingerprint density at radius 1 is 1.39 bits per heavy atom. The number of benzene rings is 1. The number of hydrogen-bond acceptors (Lipinski definition) is 2. The number of rotatable bonds is 2. The summed E-state index contributed by atoms with van der Waals surface area (Å²) in [6.45, 7) is 0. The van der Waals surface area contributed by atoms with Gasteiger partial charge in [0.1, 0.15) is 5.82 Å². The van der Waals surface area contributed by atoms with E-state index in [9.17, 15) is 9.18 Å². The van der Waals surface area contributed by atoms with Crippen molar-refractivity contribution in [3.63, 3.8) is 0 Å². The molecule has 1 amide bonds. The second-order valence-electron chi connectivity index (χ2n) is 3.42. The highest BCUT2D eigenvalue weighted by molar-refractivity contribution is 9.10. The molecule has 0 unspecified atom stereocenters. The van der Waals surface area contributed by atoms with Crippen molar-refractivity contribution in [3.05, 3.63) is 57.5 Å². The Balaban J connectivity index is 2.25. The van der Waals surface area contributed by atoms with Crippen LogP contribution in [0.3, 0.4) is 0 Å². The zero-order chi connectivity index (χ0) is 13.1. The van der Waals surface area contributed by atoms with Gasteiger partial charge in [0.25, 0.3) is 5.91 Å². The number of amides is 1. The number of halogens is 3. The third-order valence-electron chi connectivity index (χ3n) is 2.18. The molecular weight excluding hydrogens is 322 g/mol. The summed E-state index contributed by atoms with van der Waals surface area (Å²) in [5, 5.41) is 2.80. The molecule has 2 rings (SSSR count). The molecule has 0 atom stereocenters. The van der Waals surface area contributed by atoms with Gasteiger partial charge in [-0.25, -0.2) is 9.37 Å². The molecule has 0 aliphatic rings. The number of aromatic nitrogens is 1. The first-order valence-corrected chi connectivity index (χ1v) is 6.12. The molecule has 0 saturated carbocycles. The summed E-state index contributed by atoms with van der Waals surface area (Å²) in [7, 11) is 0. The van der Waals surface area contributed by atoms with Gasteiger partial charge in [-0.1, -0.05) is 11.6 Å². The van der Waals surface area contributed by atoms with Crippen LogP contribution in [-0.4, -0.2) is 10.9 Å². The Bertz CT molecular complexity index is 606. The predicted molar refractivity (Wildman–Crippen MR) is 71.3 cm³/mol. The molecule has 0 bridgehead atoms. The minimum absolute atomic E-state index is 0.198. The van der Waals surface area contributed by atoms with Gasteiger partial charge in [0.15, 0.2) is 5.15 Å². The highest BCUT2D eigenvalue weighted by atomic mass is 79.9. The number of carbonyl (C=O) groups excluding carboxylic acids is 1. The quantitative estimate of drug-likeness (QED) is 0.849. The molecule has 1 N–H and O–H groups in total. The lowest BCUT2D eigenvalue weighted by Crippen LogP contribution is -2.13. The number of anilines is 1. The van der Waals surface area contributed by atoms with Crippen LogP contribution < -0.4 is 5.32 Å². The Labute approximate surface area is 116 Å². The van der Waals surface area contributed by atoms with Gasteiger partial charge in [-0.15, -0.1) is 0 Å². The van der Waals surface area contributed by atoms with Crippen LogP contribution in [0.5, 0.6) is 0 Å². The molecule has 0 spiro atoms. The van der Waals surface area contributed by atoms with Gasteiger partial charge in [-0.05, 0) is 46.3 Å². The maximum Gasteiger partial charge on any atom is 0.256 e. The zero-order valence-corrected chi connectivity index (χ0v) is 11.3. The molecule has 0 aliphatic heterocycles. The van der Waals surface area contributed by atoms with Gasteiger partial charge >= 0.3 is 0 Å². The predicted octanol–water partition coefficient (Wildman–Crippen LogP) is 3.89. The van der Waals surface area contributed by atoms with Crippen LogP contribution in [0.15, 0.2) is 41.0 Å². The van der Waals surface area contributed by atoms with Crippen molar-refractivity contribution in [2.45, 2.75) is 0 Å². The van der Waals surface area contributed by atoms with Gasteiger partial charge in [-0.2, -0.15) is 0 Å². The topological polar surface area (TPSA) is 42.0 Å². The van der Waals surface area contributed by atoms with E-state index in [4.69, 9.17) is 11.6 Å². The van der Waals surface area contributed by atoms with Crippen molar-refractivity contribution in [3.8, 4) is 0 Å². The van der Waals surface area contributed by atoms with E-state index >= 15 is 0 Å². The van der Waals surface area contributed by atoms with Crippen molar-refractivity contribution in [2.24, 2.45) is 0 Å². The molecule has 1 aromatic heterocycles. The molecule has 6 heteroatoms. The van der Waals surface area contributed by atoms with Crippen molar-refractivity contribution in [1.82, 2.24) is 4.98 Å². The van der Waals surface area contributed by atoms with Crippen LogP contribution in [0, 0.1) is 5.82 Å². The summed E-state index contributed by atoms with van der Waals surface area (Å²) in [5.74, 6) is -0.811. The van der Waals surface area contributed by atoms with Crippen LogP contribution in [0.2, 0.25) is 5.15 Å². The van der Waals surface area contributed by atoms with Crippen LogP contribution in [-0.2, 0) is 0 Å². The first kappa shape index (κ1) is 13.0. The summed E-state index contributed by atoms with van der Waals surface area (Å²) >= 11 is 8.95. The molecular formula is C12H7BrClFN2O. The largest absolute Gasteiger partial charge is 0.319 e. The van der Waals surface area contributed by atoms with Crippen LogP contribution >= 0.6 is 27.5 Å². The van der Waals surface area contributed by atoms with Crippen molar-refractivity contribution < 1.29 is 9.18 Å². The average molecular weight is 330 g/mol. The van der Waals surface area contributed by atoms with E-state index in [1.54, 1.807) is 12.1 Å². The van der Waals surface area contributed by atoms with Gasteiger partial charge in [0, 0.05) is 10.7 Å². The van der Waals surface area contributed by atoms with Crippen molar-refractivity contribution in [1.29, 1.82) is 0 Å². The number of hydrogen-bond donors (Lipinski definition) is 1. The standard InChI is InChI=1S/C12H7BrClFN2O/c13-9-6-7(15)3-4-8(9)12(18)17-10-2-1-5-16-11(10)14/h1-6H,(H,17,18). The Morgan fingerprint density at radius 3 is 2.83 bits per heavy atom. The maximum atomic E-state index is 12.9. The average Bonchev–Trinajstić information content (AvgIpc) is 2.32. The summed E-state index contributed by atoms with van der Waals surface area (Å²) in [6.07, 6.45) is 1.52. The molecule has 0 radical (unpaired) electrons. The molecule has 3 nitrogen and oxygen atoms in total. The number of nitrogens with one attached hydrogen (secondary N) is 1. The fraction of sp³-hybridized carbons (Fsp3) is 0. The Hall–Kier alpha value is -1.46. The van der Waals surface area contributed by atoms with Crippen molar-refractivity contribution >= 4 is 39.1 Å². The fourth-order valence-electron chi connectivity index (χ4n) is 1.34. The number of nitrogens with zero attached hydrogens (tertiary/aromatic N) is 1. The highest BCUT2D eigenvalue weighted by Crippen LogP contribution is 2.22. The Kier molecular flexibility index (Phi) is 3.93. The van der Waals surface area contributed by atoms with Crippen LogP contribution in [0.1, 0.15) is 10.4 Å². The first-order chi connectivity index (χ1) is 8.58. The molecule has 18 heavy (non-hydrogen) atoms. The lowest BCUT2D eigenvalue weighted by Gasteiger charge is -2.07. The van der Waals surface area contributed by atoms with E-state index in [0.717, 1.165) is 0 Å². The van der Waals surface area contributed by atoms with Gasteiger partial charge in [-0.3, -0.25) is 4.79 Å². The van der Waals surface area contributed by atoms with Crippen molar-refractivity contribution in [2.75, 3.05) is 5.32 Å². The molecule has 0 aliphatic carbocycles. The summed E-state index contributed by atoms with van der Waals surface area (Å²) in [4.78, 5) is 15.8. The monoisotopic (exact) mass is 328 g/mol. The molecule has 92 valence electrons. The first-order valence-electron chi connectivity index (χ1n) is 4.95. The number of carbonyl (C=O) groups is 1. The minimum atomic E-state index is -0.419. The number of pyridine rings is 1. The van der Waals surface area contributed by atoms with E-state index in [2.05, 4.69) is 26.2 Å². The maximum absolute atomic E-state index is 12.9. The van der Waals surface area contributed by atoms with E-state index in [0.29, 0.717) is 15.7 Å². The van der Waals surface area contributed by atoms with Gasteiger partial charge in [0.2, 0.25) is 0 Å². The SMILES string of the molecule is O=C(Nc1cccnc1Cl)c1ccc(F)cc1Br. The highest BCUT2D eigenvalue weighted by Gasteiger charge is 2.12. The summed E-state index contributed by atoms with van der Waals surface area (Å²) in [6, 6.07) is 7.11. The van der Waals surface area contributed by atoms with E-state index in [1.807, 2.05) is 0 Å². The lowest BCUT2D eigenvalue weighted by molar-refractivity contribution is 0.102. The molecule has 0 saturated heterocycles. The third kappa shape index (κ3) is 2.86. The van der Waals surface area contributed by atoms with E-state index in [-0.39, 0.29) is 5.15 Å². The minimum Gasteiger partial charge on any atom is -0.319 e.